The summed E-state index contributed by atoms with van der Waals surface area (Å²) in [6.07, 6.45) is 9.85. The van der Waals surface area contributed by atoms with Gasteiger partial charge in [-0.15, -0.1) is 0 Å². The molecule has 0 spiro atoms. The average Bonchev–Trinajstić information content (AvgIpc) is 3.60. The molecule has 4 N–H and O–H groups in total. The summed E-state index contributed by atoms with van der Waals surface area (Å²) >= 11 is 0. The standard InChI is InChI=1S/C32H40N4O6/c1-32(2,3)42-31(40)36-24(16-22-17-33-18-34-22)29(38)35-21-10-8-9-20(15-21)26(19-13-14-19)27-28(37)23-11-6-4-5-7-12-25(23)41-30(27)39/h8-10,15,17-19,24,26,37H,4-7,11-14,16H2,1-3H3,(H,33,34)(H,35,38)(H,36,40)/t24-,26?/m1/s1. The van der Waals surface area contributed by atoms with Crippen LogP contribution in [0.25, 0.3) is 0 Å². The van der Waals surface area contributed by atoms with E-state index in [1.807, 2.05) is 18.2 Å². The zero-order chi connectivity index (χ0) is 29.9. The van der Waals surface area contributed by atoms with Crippen molar-refractivity contribution in [1.82, 2.24) is 15.3 Å². The molecule has 2 atom stereocenters. The Balaban J connectivity index is 1.41. The molecule has 3 aromatic rings. The molecule has 1 aromatic carbocycles. The van der Waals surface area contributed by atoms with Crippen molar-refractivity contribution in [3.05, 3.63) is 75.4 Å². The molecule has 2 heterocycles. The van der Waals surface area contributed by atoms with Crippen LogP contribution in [0.15, 0.2) is 46.0 Å². The number of aryl methyl sites for hydroxylation is 1. The maximum atomic E-state index is 13.4. The van der Waals surface area contributed by atoms with Gasteiger partial charge in [0.25, 0.3) is 0 Å². The van der Waals surface area contributed by atoms with Gasteiger partial charge in [0.1, 0.15) is 23.2 Å². The van der Waals surface area contributed by atoms with Gasteiger partial charge in [0, 0.05) is 41.9 Å². The van der Waals surface area contributed by atoms with E-state index in [2.05, 4.69) is 20.6 Å². The minimum atomic E-state index is -0.937. The summed E-state index contributed by atoms with van der Waals surface area (Å²) in [6, 6.07) is 6.38. The summed E-state index contributed by atoms with van der Waals surface area (Å²) < 4.78 is 11.2. The zero-order valence-corrected chi connectivity index (χ0v) is 24.5. The molecule has 2 aliphatic carbocycles. The Morgan fingerprint density at radius 2 is 1.93 bits per heavy atom. The van der Waals surface area contributed by atoms with Gasteiger partial charge in [0.2, 0.25) is 5.91 Å². The van der Waals surface area contributed by atoms with Gasteiger partial charge in [-0.25, -0.2) is 14.6 Å². The topological polar surface area (TPSA) is 147 Å². The highest BCUT2D eigenvalue weighted by molar-refractivity contribution is 5.96. The Morgan fingerprint density at radius 1 is 1.17 bits per heavy atom. The van der Waals surface area contributed by atoms with Gasteiger partial charge in [0.15, 0.2) is 0 Å². The van der Waals surface area contributed by atoms with E-state index in [-0.39, 0.29) is 24.0 Å². The molecule has 224 valence electrons. The molecule has 0 saturated heterocycles. The molecule has 10 heteroatoms. The number of alkyl carbamates (subject to hydrolysis) is 1. The van der Waals surface area contributed by atoms with Crippen LogP contribution in [0.3, 0.4) is 0 Å². The van der Waals surface area contributed by atoms with Crippen LogP contribution in [0, 0.1) is 5.92 Å². The van der Waals surface area contributed by atoms with Crippen molar-refractivity contribution < 1.29 is 23.8 Å². The predicted molar refractivity (Wildman–Crippen MR) is 158 cm³/mol. The minimum absolute atomic E-state index is 0.0654. The number of fused-ring (bicyclic) bond motifs is 1. The van der Waals surface area contributed by atoms with Crippen LogP contribution in [0.1, 0.15) is 93.4 Å². The number of anilines is 1. The Hall–Kier alpha value is -4.08. The third kappa shape index (κ3) is 7.21. The zero-order valence-electron chi connectivity index (χ0n) is 24.5. The Morgan fingerprint density at radius 3 is 2.62 bits per heavy atom. The number of aromatic hydroxyl groups is 1. The fraction of sp³-hybridized carbons (Fsp3) is 0.500. The lowest BCUT2D eigenvalue weighted by molar-refractivity contribution is -0.118. The third-order valence-corrected chi connectivity index (χ3v) is 7.80. The van der Waals surface area contributed by atoms with Crippen LogP contribution < -0.4 is 16.3 Å². The number of rotatable bonds is 8. The molecular formula is C32H40N4O6. The van der Waals surface area contributed by atoms with Crippen molar-refractivity contribution in [3.8, 4) is 5.75 Å². The molecule has 2 amide bonds. The van der Waals surface area contributed by atoms with E-state index in [1.54, 1.807) is 33.0 Å². The van der Waals surface area contributed by atoms with E-state index in [0.717, 1.165) is 49.7 Å². The lowest BCUT2D eigenvalue weighted by atomic mass is 9.85. The van der Waals surface area contributed by atoms with Crippen LogP contribution in [0.2, 0.25) is 0 Å². The number of ether oxygens (including phenoxy) is 1. The Bertz CT molecular complexity index is 1470. The van der Waals surface area contributed by atoms with Gasteiger partial charge < -0.3 is 29.9 Å². The average molecular weight is 577 g/mol. The summed E-state index contributed by atoms with van der Waals surface area (Å²) in [5.74, 6) is 0.0832. The first-order valence-electron chi connectivity index (χ1n) is 14.8. The predicted octanol–water partition coefficient (Wildman–Crippen LogP) is 5.34. The fourth-order valence-electron chi connectivity index (χ4n) is 5.71. The van der Waals surface area contributed by atoms with Crippen molar-refractivity contribution in [2.24, 2.45) is 5.92 Å². The molecule has 0 radical (unpaired) electrons. The van der Waals surface area contributed by atoms with Crippen LogP contribution in [-0.2, 0) is 28.8 Å². The second-order valence-corrected chi connectivity index (χ2v) is 12.4. The maximum Gasteiger partial charge on any atom is 0.408 e. The number of nitrogens with one attached hydrogen (secondary N) is 3. The molecular weight excluding hydrogens is 536 g/mol. The fourth-order valence-corrected chi connectivity index (χ4v) is 5.71. The van der Waals surface area contributed by atoms with E-state index >= 15 is 0 Å². The molecule has 0 bridgehead atoms. The number of carbonyl (C=O) groups excluding carboxylic acids is 2. The van der Waals surface area contributed by atoms with Crippen LogP contribution in [0.4, 0.5) is 10.5 Å². The number of aromatic nitrogens is 2. The van der Waals surface area contributed by atoms with E-state index in [4.69, 9.17) is 9.15 Å². The highest BCUT2D eigenvalue weighted by Gasteiger charge is 2.38. The first-order valence-corrected chi connectivity index (χ1v) is 14.8. The van der Waals surface area contributed by atoms with Crippen molar-refractivity contribution in [2.45, 2.75) is 96.1 Å². The number of hydrogen-bond donors (Lipinski definition) is 4. The lowest BCUT2D eigenvalue weighted by Gasteiger charge is -2.24. The molecule has 42 heavy (non-hydrogen) atoms. The van der Waals surface area contributed by atoms with Gasteiger partial charge in [0.05, 0.1) is 11.9 Å². The summed E-state index contributed by atoms with van der Waals surface area (Å²) in [5, 5.41) is 17.0. The van der Waals surface area contributed by atoms with Crippen LogP contribution in [-0.4, -0.2) is 38.7 Å². The number of amides is 2. The number of hydrogen-bond acceptors (Lipinski definition) is 7. The normalized spacial score (nSPS) is 16.8. The quantitative estimate of drug-likeness (QED) is 0.283. The molecule has 1 saturated carbocycles. The monoisotopic (exact) mass is 576 g/mol. The van der Waals surface area contributed by atoms with E-state index < -0.39 is 29.3 Å². The highest BCUT2D eigenvalue weighted by Crippen LogP contribution is 2.49. The third-order valence-electron chi connectivity index (χ3n) is 7.80. The van der Waals surface area contributed by atoms with Crippen molar-refractivity contribution in [1.29, 1.82) is 0 Å². The lowest BCUT2D eigenvalue weighted by Crippen LogP contribution is -2.47. The maximum absolute atomic E-state index is 13.4. The molecule has 1 fully saturated rings. The van der Waals surface area contributed by atoms with Crippen LogP contribution >= 0.6 is 0 Å². The van der Waals surface area contributed by atoms with E-state index in [1.165, 1.54) is 6.33 Å². The van der Waals surface area contributed by atoms with Gasteiger partial charge in [-0.1, -0.05) is 25.0 Å². The van der Waals surface area contributed by atoms with Gasteiger partial charge in [-0.2, -0.15) is 0 Å². The highest BCUT2D eigenvalue weighted by atomic mass is 16.6. The van der Waals surface area contributed by atoms with E-state index in [9.17, 15) is 19.5 Å². The summed E-state index contributed by atoms with van der Waals surface area (Å²) in [7, 11) is 0. The number of carbonyl (C=O) groups is 2. The second kappa shape index (κ2) is 12.4. The molecule has 1 unspecified atom stereocenters. The summed E-state index contributed by atoms with van der Waals surface area (Å²) in [5.41, 5.74) is 1.86. The number of aromatic amines is 1. The van der Waals surface area contributed by atoms with Crippen LogP contribution in [0.5, 0.6) is 5.75 Å². The smallest absolute Gasteiger partial charge is 0.408 e. The van der Waals surface area contributed by atoms with Crippen molar-refractivity contribution in [2.75, 3.05) is 5.32 Å². The van der Waals surface area contributed by atoms with E-state index in [0.29, 0.717) is 35.5 Å². The summed E-state index contributed by atoms with van der Waals surface area (Å²) in [6.45, 7) is 5.26. The molecule has 2 aromatic heterocycles. The first kappa shape index (κ1) is 29.4. The van der Waals surface area contributed by atoms with Crippen molar-refractivity contribution >= 4 is 17.7 Å². The Kier molecular flexibility index (Phi) is 8.70. The number of benzene rings is 1. The molecule has 0 aliphatic heterocycles. The number of imidazole rings is 1. The van der Waals surface area contributed by atoms with Gasteiger partial charge in [-0.3, -0.25) is 4.79 Å². The molecule has 5 rings (SSSR count). The largest absolute Gasteiger partial charge is 0.507 e. The Labute approximate surface area is 245 Å². The SMILES string of the molecule is CC(C)(C)OC(=O)N[C@H](Cc1cnc[nH]1)C(=O)Nc1cccc(C(c2c(O)c3c(oc2=O)CCCCCC3)C2CC2)c1. The number of nitrogens with zero attached hydrogens (tertiary/aromatic N) is 1. The molecule has 10 nitrogen and oxygen atoms in total. The second-order valence-electron chi connectivity index (χ2n) is 12.4. The van der Waals surface area contributed by atoms with Gasteiger partial charge >= 0.3 is 11.7 Å². The van der Waals surface area contributed by atoms with Crippen molar-refractivity contribution in [3.63, 3.8) is 0 Å². The first-order chi connectivity index (χ1) is 20.1. The number of H-pyrrole nitrogens is 1. The summed E-state index contributed by atoms with van der Waals surface area (Å²) in [4.78, 5) is 46.3. The minimum Gasteiger partial charge on any atom is -0.507 e. The van der Waals surface area contributed by atoms with Gasteiger partial charge in [-0.05, 0) is 76.5 Å². The molecule has 2 aliphatic rings.